The molecule has 1 atom stereocenters. The smallest absolute Gasteiger partial charge is 0.272 e. The zero-order valence-corrected chi connectivity index (χ0v) is 14.9. The lowest BCUT2D eigenvalue weighted by Gasteiger charge is -2.16. The number of nitrogens with one attached hydrogen (secondary N) is 3. The molecule has 0 fully saturated rings. The number of anilines is 1. The molecule has 0 spiro atoms. The SMILES string of the molecule is COc1ccc(C(Nc2cccc[nH+]2)c2c(C)[nH]c3ccccc23)cc1. The first-order chi connectivity index (χ1) is 12.8. The predicted molar refractivity (Wildman–Crippen MR) is 104 cm³/mol. The molecule has 0 radical (unpaired) electrons. The molecule has 0 saturated heterocycles. The van der Waals surface area contributed by atoms with Gasteiger partial charge < -0.3 is 9.72 Å². The topological polar surface area (TPSA) is 51.2 Å². The Morgan fingerprint density at radius 2 is 1.73 bits per heavy atom. The van der Waals surface area contributed by atoms with E-state index in [0.717, 1.165) is 22.8 Å². The Hall–Kier alpha value is -3.27. The highest BCUT2D eigenvalue weighted by Gasteiger charge is 2.25. The Balaban J connectivity index is 1.85. The van der Waals surface area contributed by atoms with Crippen LogP contribution in [0.3, 0.4) is 0 Å². The van der Waals surface area contributed by atoms with Crippen molar-refractivity contribution >= 4 is 16.7 Å². The van der Waals surface area contributed by atoms with Crippen LogP contribution in [0.2, 0.25) is 0 Å². The molecule has 0 amide bonds. The van der Waals surface area contributed by atoms with Crippen molar-refractivity contribution in [3.05, 3.63) is 89.7 Å². The largest absolute Gasteiger partial charge is 0.497 e. The van der Waals surface area contributed by atoms with Crippen LogP contribution < -0.4 is 15.0 Å². The Morgan fingerprint density at radius 1 is 0.962 bits per heavy atom. The third-order valence-corrected chi connectivity index (χ3v) is 4.69. The number of hydrogen-bond acceptors (Lipinski definition) is 2. The van der Waals surface area contributed by atoms with Crippen LogP contribution in [0.4, 0.5) is 5.82 Å². The summed E-state index contributed by atoms with van der Waals surface area (Å²) in [6.45, 7) is 2.13. The summed E-state index contributed by atoms with van der Waals surface area (Å²) in [5, 5.41) is 4.88. The van der Waals surface area contributed by atoms with Gasteiger partial charge in [0.05, 0.1) is 13.3 Å². The van der Waals surface area contributed by atoms with Crippen LogP contribution >= 0.6 is 0 Å². The highest BCUT2D eigenvalue weighted by Crippen LogP contribution is 2.34. The lowest BCUT2D eigenvalue weighted by Crippen LogP contribution is -2.19. The Bertz CT molecular complexity index is 1010. The van der Waals surface area contributed by atoms with E-state index in [1.807, 2.05) is 36.5 Å². The fraction of sp³-hybridized carbons (Fsp3) is 0.136. The fourth-order valence-electron chi connectivity index (χ4n) is 3.43. The van der Waals surface area contributed by atoms with Gasteiger partial charge in [0.25, 0.3) is 5.82 Å². The van der Waals surface area contributed by atoms with E-state index in [0.29, 0.717) is 0 Å². The Morgan fingerprint density at radius 3 is 2.46 bits per heavy atom. The van der Waals surface area contributed by atoms with Crippen molar-refractivity contribution in [3.8, 4) is 5.75 Å². The van der Waals surface area contributed by atoms with Crippen molar-refractivity contribution in [2.45, 2.75) is 13.0 Å². The van der Waals surface area contributed by atoms with E-state index in [1.54, 1.807) is 7.11 Å². The number of aryl methyl sites for hydroxylation is 1. The summed E-state index contributed by atoms with van der Waals surface area (Å²) in [6, 6.07) is 22.7. The summed E-state index contributed by atoms with van der Waals surface area (Å²) < 4.78 is 5.32. The van der Waals surface area contributed by atoms with Gasteiger partial charge in [0.2, 0.25) is 0 Å². The maximum Gasteiger partial charge on any atom is 0.272 e. The van der Waals surface area contributed by atoms with Crippen LogP contribution in [0, 0.1) is 6.92 Å². The van der Waals surface area contributed by atoms with Gasteiger partial charge >= 0.3 is 0 Å². The van der Waals surface area contributed by atoms with Crippen LogP contribution in [0.15, 0.2) is 72.9 Å². The number of methoxy groups -OCH3 is 1. The number of ether oxygens (including phenoxy) is 1. The van der Waals surface area contributed by atoms with E-state index < -0.39 is 0 Å². The second-order valence-electron chi connectivity index (χ2n) is 6.34. The molecule has 130 valence electrons. The molecule has 4 heteroatoms. The van der Waals surface area contributed by atoms with E-state index in [-0.39, 0.29) is 6.04 Å². The van der Waals surface area contributed by atoms with Crippen LogP contribution in [0.5, 0.6) is 5.75 Å². The number of pyridine rings is 1. The molecule has 26 heavy (non-hydrogen) atoms. The monoisotopic (exact) mass is 344 g/mol. The van der Waals surface area contributed by atoms with E-state index in [1.165, 1.54) is 16.5 Å². The number of benzene rings is 2. The van der Waals surface area contributed by atoms with Gasteiger partial charge in [-0.2, -0.15) is 0 Å². The second kappa shape index (κ2) is 6.92. The molecule has 0 bridgehead atoms. The summed E-state index contributed by atoms with van der Waals surface area (Å²) in [7, 11) is 1.69. The van der Waals surface area contributed by atoms with Crippen molar-refractivity contribution in [2.75, 3.05) is 12.4 Å². The maximum absolute atomic E-state index is 5.32. The average molecular weight is 344 g/mol. The number of hydrogen-bond donors (Lipinski definition) is 2. The highest BCUT2D eigenvalue weighted by atomic mass is 16.5. The maximum atomic E-state index is 5.32. The number of aromatic nitrogens is 2. The molecule has 0 aliphatic carbocycles. The van der Waals surface area contributed by atoms with Crippen LogP contribution in [-0.4, -0.2) is 12.1 Å². The summed E-state index contributed by atoms with van der Waals surface area (Å²) in [6.07, 6.45) is 1.93. The third-order valence-electron chi connectivity index (χ3n) is 4.69. The second-order valence-corrected chi connectivity index (χ2v) is 6.34. The van der Waals surface area contributed by atoms with Gasteiger partial charge in [0.15, 0.2) is 0 Å². The molecule has 4 aromatic rings. The van der Waals surface area contributed by atoms with Crippen LogP contribution in [-0.2, 0) is 0 Å². The predicted octanol–water partition coefficient (Wildman–Crippen LogP) is 4.50. The normalized spacial score (nSPS) is 12.1. The highest BCUT2D eigenvalue weighted by molar-refractivity contribution is 5.86. The van der Waals surface area contributed by atoms with Gasteiger partial charge in [-0.15, -0.1) is 0 Å². The van der Waals surface area contributed by atoms with Gasteiger partial charge in [0.1, 0.15) is 11.8 Å². The zero-order chi connectivity index (χ0) is 17.9. The first-order valence-corrected chi connectivity index (χ1v) is 8.70. The minimum absolute atomic E-state index is 0.00991. The minimum atomic E-state index is 0.00991. The molecule has 4 nitrogen and oxygen atoms in total. The van der Waals surface area contributed by atoms with E-state index in [4.69, 9.17) is 4.74 Å². The summed E-state index contributed by atoms with van der Waals surface area (Å²) >= 11 is 0. The molecular formula is C22H22N3O+. The van der Waals surface area contributed by atoms with Gasteiger partial charge in [-0.1, -0.05) is 36.4 Å². The molecular weight excluding hydrogens is 322 g/mol. The molecule has 0 saturated carbocycles. The number of H-pyrrole nitrogens is 2. The molecule has 3 N–H and O–H groups in total. The van der Waals surface area contributed by atoms with Crippen molar-refractivity contribution in [2.24, 2.45) is 0 Å². The Kier molecular flexibility index (Phi) is 4.32. The summed E-state index contributed by atoms with van der Waals surface area (Å²) in [5.41, 5.74) is 4.74. The lowest BCUT2D eigenvalue weighted by molar-refractivity contribution is -0.361. The summed E-state index contributed by atoms with van der Waals surface area (Å²) in [4.78, 5) is 6.79. The first-order valence-electron chi connectivity index (χ1n) is 8.70. The number of para-hydroxylation sites is 1. The molecule has 1 unspecified atom stereocenters. The van der Waals surface area contributed by atoms with Gasteiger partial charge in [0, 0.05) is 33.8 Å². The molecule has 2 aromatic heterocycles. The molecule has 2 aromatic carbocycles. The number of fused-ring (bicyclic) bond motifs is 1. The number of aromatic amines is 2. The lowest BCUT2D eigenvalue weighted by atomic mass is 9.96. The van der Waals surface area contributed by atoms with Crippen molar-refractivity contribution in [3.63, 3.8) is 0 Å². The first kappa shape index (κ1) is 16.2. The number of rotatable bonds is 5. The fourth-order valence-corrected chi connectivity index (χ4v) is 3.43. The van der Waals surface area contributed by atoms with E-state index >= 15 is 0 Å². The van der Waals surface area contributed by atoms with Crippen LogP contribution in [0.1, 0.15) is 22.9 Å². The van der Waals surface area contributed by atoms with Gasteiger partial charge in [-0.25, -0.2) is 4.98 Å². The van der Waals surface area contributed by atoms with Crippen molar-refractivity contribution in [1.82, 2.24) is 4.98 Å². The van der Waals surface area contributed by atoms with Crippen molar-refractivity contribution < 1.29 is 9.72 Å². The van der Waals surface area contributed by atoms with E-state index in [2.05, 4.69) is 58.6 Å². The van der Waals surface area contributed by atoms with Gasteiger partial charge in [-0.3, -0.25) is 5.32 Å². The Labute approximate surface area is 152 Å². The van der Waals surface area contributed by atoms with Crippen molar-refractivity contribution in [1.29, 1.82) is 0 Å². The zero-order valence-electron chi connectivity index (χ0n) is 14.9. The molecule has 0 aliphatic heterocycles. The average Bonchev–Trinajstić information content (AvgIpc) is 3.03. The minimum Gasteiger partial charge on any atom is -0.497 e. The van der Waals surface area contributed by atoms with E-state index in [9.17, 15) is 0 Å². The molecule has 4 rings (SSSR count). The summed E-state index contributed by atoms with van der Waals surface area (Å²) in [5.74, 6) is 1.83. The molecule has 2 heterocycles. The third kappa shape index (κ3) is 3.02. The standard InChI is InChI=1S/C22H21N3O/c1-15-21(18-7-3-4-8-19(18)24-15)22(25-20-9-5-6-14-23-20)16-10-12-17(26-2)13-11-16/h3-14,22,24H,1-2H3,(H,23,25)/p+1. The van der Waals surface area contributed by atoms with Crippen LogP contribution in [0.25, 0.3) is 10.9 Å². The van der Waals surface area contributed by atoms with Gasteiger partial charge in [-0.05, 0) is 31.2 Å². The quantitative estimate of drug-likeness (QED) is 0.560. The molecule has 0 aliphatic rings.